The molecule has 110 valence electrons. The van der Waals surface area contributed by atoms with Gasteiger partial charge in [0, 0.05) is 6.54 Å². The summed E-state index contributed by atoms with van der Waals surface area (Å²) in [4.78, 5) is 2.78. The van der Waals surface area contributed by atoms with Crippen molar-refractivity contribution in [2.45, 2.75) is 64.7 Å². The average Bonchev–Trinajstić information content (AvgIpc) is 2.43. The third-order valence-electron chi connectivity index (χ3n) is 6.25. The highest BCUT2D eigenvalue weighted by molar-refractivity contribution is 4.91. The van der Waals surface area contributed by atoms with Crippen LogP contribution in [0.4, 0.5) is 0 Å². The molecule has 19 heavy (non-hydrogen) atoms. The molecule has 0 unspecified atom stereocenters. The van der Waals surface area contributed by atoms with Crippen LogP contribution in [0.1, 0.15) is 64.7 Å². The van der Waals surface area contributed by atoms with Gasteiger partial charge in [0.05, 0.1) is 0 Å². The lowest BCUT2D eigenvalue weighted by Gasteiger charge is -2.47. The second-order valence-electron chi connectivity index (χ2n) is 7.90. The van der Waals surface area contributed by atoms with Crippen LogP contribution in [-0.4, -0.2) is 37.6 Å². The Kier molecular flexibility index (Phi) is 4.19. The van der Waals surface area contributed by atoms with Crippen LogP contribution >= 0.6 is 0 Å². The van der Waals surface area contributed by atoms with Gasteiger partial charge in [-0.3, -0.25) is 0 Å². The van der Waals surface area contributed by atoms with Crippen molar-refractivity contribution in [1.82, 2.24) is 10.2 Å². The van der Waals surface area contributed by atoms with E-state index in [1.54, 1.807) is 0 Å². The molecule has 0 amide bonds. The van der Waals surface area contributed by atoms with Crippen molar-refractivity contribution in [1.29, 1.82) is 0 Å². The molecular weight excluding hydrogens is 232 g/mol. The maximum atomic E-state index is 3.51. The quantitative estimate of drug-likeness (QED) is 0.822. The Labute approximate surface area is 119 Å². The lowest BCUT2D eigenvalue weighted by Crippen LogP contribution is -2.47. The van der Waals surface area contributed by atoms with E-state index in [0.29, 0.717) is 5.41 Å². The molecule has 3 fully saturated rings. The zero-order valence-electron chi connectivity index (χ0n) is 12.8. The Bertz CT molecular complexity index is 278. The molecule has 0 atom stereocenters. The fourth-order valence-corrected chi connectivity index (χ4v) is 4.72. The summed E-state index contributed by atoms with van der Waals surface area (Å²) in [7, 11) is 0. The Morgan fingerprint density at radius 2 is 1.47 bits per heavy atom. The van der Waals surface area contributed by atoms with Gasteiger partial charge in [-0.15, -0.1) is 0 Å². The summed E-state index contributed by atoms with van der Waals surface area (Å²) < 4.78 is 0. The summed E-state index contributed by atoms with van der Waals surface area (Å²) in [6.45, 7) is 9.08. The molecule has 0 aromatic carbocycles. The highest BCUT2D eigenvalue weighted by Gasteiger charge is 2.37. The van der Waals surface area contributed by atoms with E-state index in [2.05, 4.69) is 17.1 Å². The molecule has 3 rings (SSSR count). The second-order valence-corrected chi connectivity index (χ2v) is 7.90. The molecule has 3 aliphatic rings. The van der Waals surface area contributed by atoms with Gasteiger partial charge in [-0.2, -0.15) is 0 Å². The lowest BCUT2D eigenvalue weighted by molar-refractivity contribution is 0.0378. The van der Waals surface area contributed by atoms with Gasteiger partial charge in [-0.25, -0.2) is 0 Å². The Morgan fingerprint density at radius 3 is 2.11 bits per heavy atom. The minimum atomic E-state index is 0.586. The summed E-state index contributed by atoms with van der Waals surface area (Å²) in [5, 5.41) is 3.51. The Balaban J connectivity index is 1.49. The zero-order valence-corrected chi connectivity index (χ0v) is 12.8. The van der Waals surface area contributed by atoms with Gasteiger partial charge in [0.15, 0.2) is 0 Å². The third kappa shape index (κ3) is 3.33. The van der Waals surface area contributed by atoms with Crippen LogP contribution in [0.3, 0.4) is 0 Å². The molecule has 2 saturated heterocycles. The number of nitrogens with zero attached hydrogens (tertiary/aromatic N) is 1. The molecule has 2 heterocycles. The predicted octanol–water partition coefficient (Wildman–Crippen LogP) is 3.42. The van der Waals surface area contributed by atoms with Gasteiger partial charge in [0.1, 0.15) is 0 Å². The monoisotopic (exact) mass is 264 g/mol. The summed E-state index contributed by atoms with van der Waals surface area (Å²) in [5.41, 5.74) is 1.35. The van der Waals surface area contributed by atoms with Crippen LogP contribution < -0.4 is 5.32 Å². The third-order valence-corrected chi connectivity index (χ3v) is 6.25. The number of likely N-dealkylation sites (tertiary alicyclic amines) is 1. The van der Waals surface area contributed by atoms with Gasteiger partial charge in [-0.1, -0.05) is 26.2 Å². The first-order chi connectivity index (χ1) is 9.20. The van der Waals surface area contributed by atoms with Crippen molar-refractivity contribution >= 4 is 0 Å². The normalized spacial score (nSPS) is 31.4. The maximum absolute atomic E-state index is 3.51. The zero-order chi connectivity index (χ0) is 13.2. The predicted molar refractivity (Wildman–Crippen MR) is 81.4 cm³/mol. The molecule has 2 aliphatic heterocycles. The largest absolute Gasteiger partial charge is 0.317 e. The van der Waals surface area contributed by atoms with Crippen LogP contribution in [0.25, 0.3) is 0 Å². The number of nitrogens with one attached hydrogen (secondary N) is 1. The van der Waals surface area contributed by atoms with Crippen LogP contribution in [0.5, 0.6) is 0 Å². The first-order valence-electron chi connectivity index (χ1n) is 8.63. The first kappa shape index (κ1) is 13.9. The van der Waals surface area contributed by atoms with E-state index in [-0.39, 0.29) is 0 Å². The van der Waals surface area contributed by atoms with Crippen LogP contribution in [0, 0.1) is 10.8 Å². The van der Waals surface area contributed by atoms with Crippen LogP contribution in [0.2, 0.25) is 0 Å². The number of piperidine rings is 2. The van der Waals surface area contributed by atoms with Crippen molar-refractivity contribution in [2.75, 3.05) is 32.7 Å². The first-order valence-corrected chi connectivity index (χ1v) is 8.63. The van der Waals surface area contributed by atoms with Crippen molar-refractivity contribution < 1.29 is 0 Å². The van der Waals surface area contributed by atoms with E-state index in [9.17, 15) is 0 Å². The summed E-state index contributed by atoms with van der Waals surface area (Å²) in [5.74, 6) is 0. The summed E-state index contributed by atoms with van der Waals surface area (Å²) in [6, 6.07) is 0. The van der Waals surface area contributed by atoms with Gasteiger partial charge in [-0.05, 0) is 75.5 Å². The topological polar surface area (TPSA) is 15.3 Å². The molecule has 0 radical (unpaired) electrons. The number of hydrogen-bond acceptors (Lipinski definition) is 2. The van der Waals surface area contributed by atoms with Crippen LogP contribution in [0.15, 0.2) is 0 Å². The van der Waals surface area contributed by atoms with Gasteiger partial charge in [0.25, 0.3) is 0 Å². The van der Waals surface area contributed by atoms with E-state index >= 15 is 0 Å². The molecule has 0 aromatic rings. The molecule has 1 saturated carbocycles. The van der Waals surface area contributed by atoms with Gasteiger partial charge < -0.3 is 10.2 Å². The lowest BCUT2D eigenvalue weighted by atomic mass is 9.68. The molecule has 2 heteroatoms. The van der Waals surface area contributed by atoms with E-state index in [1.165, 1.54) is 90.5 Å². The minimum Gasteiger partial charge on any atom is -0.317 e. The molecule has 1 N–H and O–H groups in total. The highest BCUT2D eigenvalue weighted by atomic mass is 15.1. The van der Waals surface area contributed by atoms with E-state index in [1.807, 2.05) is 0 Å². The van der Waals surface area contributed by atoms with Crippen molar-refractivity contribution in [3.63, 3.8) is 0 Å². The van der Waals surface area contributed by atoms with E-state index in [4.69, 9.17) is 0 Å². The summed E-state index contributed by atoms with van der Waals surface area (Å²) >= 11 is 0. The number of rotatable bonds is 2. The molecule has 0 bridgehead atoms. The smallest absolute Gasteiger partial charge is 0.00363 e. The van der Waals surface area contributed by atoms with E-state index in [0.717, 1.165) is 5.41 Å². The minimum absolute atomic E-state index is 0.586. The standard InChI is InChI=1S/C17H32N2/c1-16(7-11-18-12-8-16)15-19-13-9-17(10-14-19)5-3-2-4-6-17/h18H,2-15H2,1H3. The maximum Gasteiger partial charge on any atom is 0.00363 e. The highest BCUT2D eigenvalue weighted by Crippen LogP contribution is 2.45. The van der Waals surface area contributed by atoms with Crippen molar-refractivity contribution in [2.24, 2.45) is 10.8 Å². The second kappa shape index (κ2) is 5.73. The molecule has 0 aromatic heterocycles. The van der Waals surface area contributed by atoms with Crippen molar-refractivity contribution in [3.8, 4) is 0 Å². The van der Waals surface area contributed by atoms with Gasteiger partial charge >= 0.3 is 0 Å². The molecule has 1 aliphatic carbocycles. The molecule has 1 spiro atoms. The van der Waals surface area contributed by atoms with E-state index < -0.39 is 0 Å². The summed E-state index contributed by atoms with van der Waals surface area (Å²) in [6.07, 6.45) is 13.3. The fraction of sp³-hybridized carbons (Fsp3) is 1.00. The SMILES string of the molecule is CC1(CN2CCC3(CCCCC3)CC2)CCNCC1. The fourth-order valence-electron chi connectivity index (χ4n) is 4.72. The Hall–Kier alpha value is -0.0800. The van der Waals surface area contributed by atoms with Crippen LogP contribution in [-0.2, 0) is 0 Å². The van der Waals surface area contributed by atoms with Crippen molar-refractivity contribution in [3.05, 3.63) is 0 Å². The average molecular weight is 264 g/mol. The Morgan fingerprint density at radius 1 is 0.842 bits per heavy atom. The molecule has 2 nitrogen and oxygen atoms in total. The van der Waals surface area contributed by atoms with Gasteiger partial charge in [0.2, 0.25) is 0 Å². The number of hydrogen-bond donors (Lipinski definition) is 1. The molecular formula is C17H32N2.